The lowest BCUT2D eigenvalue weighted by molar-refractivity contribution is -0.138. The predicted molar refractivity (Wildman–Crippen MR) is 195 cm³/mol. The van der Waals surface area contributed by atoms with E-state index >= 15 is 0 Å². The molecule has 272 valence electrons. The minimum atomic E-state index is -0.865. The highest BCUT2D eigenvalue weighted by atomic mass is 16.2. The first-order valence-corrected chi connectivity index (χ1v) is 18.6. The third-order valence-corrected chi connectivity index (χ3v) is 11.3. The predicted octanol–water partition coefficient (Wildman–Crippen LogP) is 2.48. The molecule has 13 nitrogen and oxygen atoms in total. The molecule has 0 saturated carbocycles. The number of rotatable bonds is 7. The molecule has 3 N–H and O–H groups in total. The Balaban J connectivity index is 0.840. The maximum atomic E-state index is 13.6. The van der Waals surface area contributed by atoms with E-state index in [2.05, 4.69) is 42.2 Å². The molecule has 5 heterocycles. The fourth-order valence-corrected chi connectivity index (χ4v) is 8.09. The summed E-state index contributed by atoms with van der Waals surface area (Å²) in [5.74, 6) is 6.72. The SMILES string of the molecule is NC(=O)c1ccc(C#CCC2CCN(CC3CCN(C(=O)C4CCN(c5ccc6nnn(C7CCC(=O)NC7=O)c(=O)c6c5)CC4)CC3)CC2)cc1. The second-order valence-corrected chi connectivity index (χ2v) is 14.7. The van der Waals surface area contributed by atoms with Crippen LogP contribution in [0.2, 0.25) is 0 Å². The van der Waals surface area contributed by atoms with Gasteiger partial charge in [0.1, 0.15) is 11.6 Å². The highest BCUT2D eigenvalue weighted by Gasteiger charge is 2.33. The number of nitrogens with two attached hydrogens (primary N) is 1. The van der Waals surface area contributed by atoms with Crippen LogP contribution in [0.25, 0.3) is 10.9 Å². The van der Waals surface area contributed by atoms with Crippen LogP contribution in [0.5, 0.6) is 0 Å². The molecule has 1 unspecified atom stereocenters. The number of anilines is 1. The number of nitrogens with zero attached hydrogens (tertiary/aromatic N) is 6. The zero-order valence-electron chi connectivity index (χ0n) is 29.5. The summed E-state index contributed by atoms with van der Waals surface area (Å²) >= 11 is 0. The third-order valence-electron chi connectivity index (χ3n) is 11.3. The molecule has 0 aliphatic carbocycles. The lowest BCUT2D eigenvalue weighted by atomic mass is 9.90. The number of primary amides is 1. The third kappa shape index (κ3) is 8.02. The second kappa shape index (κ2) is 15.7. The Labute approximate surface area is 302 Å². The van der Waals surface area contributed by atoms with E-state index in [1.54, 1.807) is 24.3 Å². The van der Waals surface area contributed by atoms with Crippen molar-refractivity contribution in [2.45, 2.75) is 63.8 Å². The molecule has 0 spiro atoms. The number of carbonyl (C=O) groups is 4. The first-order valence-electron chi connectivity index (χ1n) is 18.6. The Hall–Kier alpha value is -5.09. The fourth-order valence-electron chi connectivity index (χ4n) is 8.09. The van der Waals surface area contributed by atoms with Crippen LogP contribution in [0.3, 0.4) is 0 Å². The van der Waals surface area contributed by atoms with Gasteiger partial charge in [-0.2, -0.15) is 4.68 Å². The number of benzene rings is 2. The molecular formula is C39H46N8O5. The van der Waals surface area contributed by atoms with Crippen LogP contribution in [-0.4, -0.2) is 94.2 Å². The van der Waals surface area contributed by atoms with Crippen molar-refractivity contribution >= 4 is 40.2 Å². The normalized spacial score (nSPS) is 21.1. The van der Waals surface area contributed by atoms with Gasteiger partial charge < -0.3 is 20.4 Å². The number of carbonyl (C=O) groups excluding carboxylic acids is 4. The molecule has 0 radical (unpaired) electrons. The van der Waals surface area contributed by atoms with Crippen LogP contribution in [0, 0.1) is 29.6 Å². The van der Waals surface area contributed by atoms with Gasteiger partial charge in [-0.3, -0.25) is 29.3 Å². The molecule has 2 aromatic carbocycles. The minimum Gasteiger partial charge on any atom is -0.371 e. The van der Waals surface area contributed by atoms with Gasteiger partial charge in [-0.25, -0.2) is 0 Å². The molecule has 4 aliphatic rings. The molecule has 1 atom stereocenters. The number of hydrogen-bond acceptors (Lipinski definition) is 9. The van der Waals surface area contributed by atoms with E-state index < -0.39 is 23.4 Å². The molecule has 52 heavy (non-hydrogen) atoms. The molecule has 4 amide bonds. The van der Waals surface area contributed by atoms with E-state index in [0.29, 0.717) is 41.4 Å². The van der Waals surface area contributed by atoms with Crippen molar-refractivity contribution in [3.63, 3.8) is 0 Å². The average Bonchev–Trinajstić information content (AvgIpc) is 3.16. The summed E-state index contributed by atoms with van der Waals surface area (Å²) in [6.45, 7) is 6.35. The quantitative estimate of drug-likeness (QED) is 0.278. The summed E-state index contributed by atoms with van der Waals surface area (Å²) < 4.78 is 1.08. The van der Waals surface area contributed by atoms with E-state index in [1.165, 1.54) is 0 Å². The molecule has 3 aromatic rings. The van der Waals surface area contributed by atoms with Crippen LogP contribution < -0.4 is 21.5 Å². The first-order chi connectivity index (χ1) is 25.2. The Morgan fingerprint density at radius 3 is 2.25 bits per heavy atom. The summed E-state index contributed by atoms with van der Waals surface area (Å²) in [6, 6.07) is 11.7. The van der Waals surface area contributed by atoms with Crippen molar-refractivity contribution in [2.75, 3.05) is 50.7 Å². The number of piperidine rings is 4. The van der Waals surface area contributed by atoms with E-state index in [1.807, 2.05) is 18.2 Å². The molecule has 4 fully saturated rings. The molecule has 0 bridgehead atoms. The van der Waals surface area contributed by atoms with E-state index in [-0.39, 0.29) is 30.6 Å². The van der Waals surface area contributed by atoms with Gasteiger partial charge in [0.15, 0.2) is 0 Å². The van der Waals surface area contributed by atoms with Gasteiger partial charge in [-0.15, -0.1) is 5.10 Å². The van der Waals surface area contributed by atoms with Gasteiger partial charge in [0.25, 0.3) is 11.5 Å². The summed E-state index contributed by atoms with van der Waals surface area (Å²) in [6.07, 6.45) is 7.14. The van der Waals surface area contributed by atoms with Crippen molar-refractivity contribution in [1.82, 2.24) is 30.1 Å². The molecule has 1 aromatic heterocycles. The summed E-state index contributed by atoms with van der Waals surface area (Å²) in [5.41, 5.74) is 7.63. The number of hydrogen-bond donors (Lipinski definition) is 2. The zero-order valence-corrected chi connectivity index (χ0v) is 29.5. The topological polar surface area (TPSA) is 164 Å². The van der Waals surface area contributed by atoms with E-state index in [9.17, 15) is 24.0 Å². The van der Waals surface area contributed by atoms with Crippen LogP contribution in [-0.2, 0) is 14.4 Å². The number of nitrogens with one attached hydrogen (secondary N) is 1. The number of imide groups is 1. The maximum absolute atomic E-state index is 13.6. The summed E-state index contributed by atoms with van der Waals surface area (Å²) in [4.78, 5) is 69.0. The molecule has 7 rings (SSSR count). The van der Waals surface area contributed by atoms with Crippen molar-refractivity contribution in [3.8, 4) is 11.8 Å². The van der Waals surface area contributed by atoms with Gasteiger partial charge in [0.2, 0.25) is 17.7 Å². The van der Waals surface area contributed by atoms with Crippen molar-refractivity contribution in [1.29, 1.82) is 0 Å². The van der Waals surface area contributed by atoms with Gasteiger partial charge in [-0.1, -0.05) is 17.1 Å². The average molecular weight is 707 g/mol. The Morgan fingerprint density at radius 2 is 1.56 bits per heavy atom. The second-order valence-electron chi connectivity index (χ2n) is 14.7. The van der Waals surface area contributed by atoms with Crippen molar-refractivity contribution < 1.29 is 19.2 Å². The lowest BCUT2D eigenvalue weighted by Gasteiger charge is -2.40. The summed E-state index contributed by atoms with van der Waals surface area (Å²) in [7, 11) is 0. The Morgan fingerprint density at radius 1 is 0.846 bits per heavy atom. The van der Waals surface area contributed by atoms with Crippen LogP contribution in [0.1, 0.15) is 79.8 Å². The molecule has 13 heteroatoms. The Kier molecular flexibility index (Phi) is 10.6. The van der Waals surface area contributed by atoms with Gasteiger partial charge in [-0.05, 0) is 112 Å². The van der Waals surface area contributed by atoms with Crippen LogP contribution in [0.4, 0.5) is 5.69 Å². The van der Waals surface area contributed by atoms with E-state index in [4.69, 9.17) is 5.73 Å². The number of likely N-dealkylation sites (tertiary alicyclic amines) is 2. The highest BCUT2D eigenvalue weighted by molar-refractivity contribution is 5.99. The monoisotopic (exact) mass is 706 g/mol. The highest BCUT2D eigenvalue weighted by Crippen LogP contribution is 2.29. The van der Waals surface area contributed by atoms with Crippen LogP contribution in [0.15, 0.2) is 47.3 Å². The zero-order chi connectivity index (χ0) is 36.2. The lowest BCUT2D eigenvalue weighted by Crippen LogP contribution is -2.47. The first kappa shape index (κ1) is 35.3. The van der Waals surface area contributed by atoms with Gasteiger partial charge >= 0.3 is 0 Å². The molecular weight excluding hydrogens is 660 g/mol. The number of aromatic nitrogens is 3. The smallest absolute Gasteiger partial charge is 0.278 e. The maximum Gasteiger partial charge on any atom is 0.278 e. The van der Waals surface area contributed by atoms with E-state index in [0.717, 1.165) is 93.6 Å². The molecule has 4 saturated heterocycles. The summed E-state index contributed by atoms with van der Waals surface area (Å²) in [5, 5.41) is 10.8. The van der Waals surface area contributed by atoms with Gasteiger partial charge in [0.05, 0.1) is 5.39 Å². The standard InChI is InChI=1S/C39H46N8O5/c40-36(49)29-6-4-26(5-7-29)2-1-3-27-12-18-44(19-13-27)25-28-14-20-46(21-15-28)38(51)30-16-22-45(23-17-30)31-8-9-33-32(24-31)39(52)47(43-42-33)34-10-11-35(48)41-37(34)50/h4-9,24,27-28,30,34H,3,10-23,25H2,(H2,40,49)(H,41,48,50). The van der Waals surface area contributed by atoms with Crippen LogP contribution >= 0.6 is 0 Å². The Bertz CT molecular complexity index is 1940. The largest absolute Gasteiger partial charge is 0.371 e. The van der Waals surface area contributed by atoms with Gasteiger partial charge in [0, 0.05) is 68.3 Å². The van der Waals surface area contributed by atoms with Crippen molar-refractivity contribution in [3.05, 3.63) is 63.9 Å². The number of fused-ring (bicyclic) bond motifs is 1. The molecule has 4 aliphatic heterocycles. The number of amides is 4. The minimum absolute atomic E-state index is 0.000469. The fraction of sp³-hybridized carbons (Fsp3) is 0.513. The van der Waals surface area contributed by atoms with Crippen molar-refractivity contribution in [2.24, 2.45) is 23.5 Å².